The highest BCUT2D eigenvalue weighted by atomic mass is 16.2. The fraction of sp³-hybridized carbons (Fsp3) is 0.750. The summed E-state index contributed by atoms with van der Waals surface area (Å²) in [6.07, 6.45) is 0.806. The first kappa shape index (κ1) is 6.83. The van der Waals surface area contributed by atoms with E-state index in [2.05, 4.69) is 0 Å². The zero-order valence-corrected chi connectivity index (χ0v) is 6.70. The predicted octanol–water partition coefficient (Wildman–Crippen LogP) is 0.400. The van der Waals surface area contributed by atoms with Crippen molar-refractivity contribution >= 4 is 11.8 Å². The van der Waals surface area contributed by atoms with E-state index in [-0.39, 0.29) is 29.7 Å². The van der Waals surface area contributed by atoms with Crippen LogP contribution >= 0.6 is 0 Å². The maximum absolute atomic E-state index is 11.3. The van der Waals surface area contributed by atoms with Gasteiger partial charge in [-0.2, -0.15) is 0 Å². The van der Waals surface area contributed by atoms with E-state index < -0.39 is 0 Å². The van der Waals surface area contributed by atoms with Gasteiger partial charge in [0.15, 0.2) is 0 Å². The van der Waals surface area contributed by atoms with E-state index in [4.69, 9.17) is 0 Å². The SMILES string of the molecule is CC(C)N1C(=O)[C@H]2C[C@H]2C1=O. The van der Waals surface area contributed by atoms with Crippen molar-refractivity contribution in [3.05, 3.63) is 0 Å². The van der Waals surface area contributed by atoms with Crippen molar-refractivity contribution in [2.75, 3.05) is 0 Å². The Morgan fingerprint density at radius 3 is 2.00 bits per heavy atom. The second-order valence-electron chi connectivity index (χ2n) is 3.59. The molecule has 1 aliphatic carbocycles. The van der Waals surface area contributed by atoms with Gasteiger partial charge in [-0.1, -0.05) is 0 Å². The molecule has 1 saturated carbocycles. The summed E-state index contributed by atoms with van der Waals surface area (Å²) in [5, 5.41) is 0. The van der Waals surface area contributed by atoms with E-state index in [9.17, 15) is 9.59 Å². The monoisotopic (exact) mass is 153 g/mol. The molecule has 2 amide bonds. The molecule has 60 valence electrons. The van der Waals surface area contributed by atoms with E-state index in [0.29, 0.717) is 0 Å². The third-order valence-electron chi connectivity index (χ3n) is 2.42. The largest absolute Gasteiger partial charge is 0.280 e. The summed E-state index contributed by atoms with van der Waals surface area (Å²) in [7, 11) is 0. The van der Waals surface area contributed by atoms with Crippen LogP contribution in [0.25, 0.3) is 0 Å². The molecule has 1 heterocycles. The van der Waals surface area contributed by atoms with Gasteiger partial charge in [0, 0.05) is 6.04 Å². The molecule has 11 heavy (non-hydrogen) atoms. The summed E-state index contributed by atoms with van der Waals surface area (Å²) < 4.78 is 0. The Balaban J connectivity index is 2.23. The molecule has 0 aromatic rings. The standard InChI is InChI=1S/C8H11NO2/c1-4(2)9-7(10)5-3-6(5)8(9)11/h4-6H,3H2,1-2H3/t5-,6+. The van der Waals surface area contributed by atoms with E-state index in [1.54, 1.807) is 0 Å². The minimum atomic E-state index is 0.0443. The first-order valence-electron chi connectivity index (χ1n) is 4.00. The van der Waals surface area contributed by atoms with Gasteiger partial charge in [-0.25, -0.2) is 0 Å². The summed E-state index contributed by atoms with van der Waals surface area (Å²) in [5.41, 5.74) is 0. The summed E-state index contributed by atoms with van der Waals surface area (Å²) in [6.45, 7) is 3.75. The van der Waals surface area contributed by atoms with Gasteiger partial charge in [0.1, 0.15) is 0 Å². The van der Waals surface area contributed by atoms with Gasteiger partial charge in [0.05, 0.1) is 11.8 Å². The lowest BCUT2D eigenvalue weighted by molar-refractivity contribution is -0.143. The molecular weight excluding hydrogens is 142 g/mol. The van der Waals surface area contributed by atoms with Crippen LogP contribution in [0, 0.1) is 11.8 Å². The number of piperidine rings is 1. The summed E-state index contributed by atoms with van der Waals surface area (Å²) in [4.78, 5) is 24.0. The second kappa shape index (κ2) is 1.84. The fourth-order valence-corrected chi connectivity index (χ4v) is 1.72. The van der Waals surface area contributed by atoms with Crippen molar-refractivity contribution in [3.8, 4) is 0 Å². The number of fused-ring (bicyclic) bond motifs is 1. The van der Waals surface area contributed by atoms with Crippen molar-refractivity contribution in [2.24, 2.45) is 11.8 Å². The van der Waals surface area contributed by atoms with Crippen LogP contribution in [0.5, 0.6) is 0 Å². The molecule has 2 rings (SSSR count). The average molecular weight is 153 g/mol. The number of likely N-dealkylation sites (tertiary alicyclic amines) is 1. The molecule has 3 heteroatoms. The van der Waals surface area contributed by atoms with Crippen molar-refractivity contribution in [2.45, 2.75) is 26.3 Å². The van der Waals surface area contributed by atoms with Crippen molar-refractivity contribution in [1.29, 1.82) is 0 Å². The highest BCUT2D eigenvalue weighted by molar-refractivity contribution is 6.09. The van der Waals surface area contributed by atoms with E-state index in [1.807, 2.05) is 13.8 Å². The van der Waals surface area contributed by atoms with Crippen LogP contribution < -0.4 is 0 Å². The summed E-state index contributed by atoms with van der Waals surface area (Å²) in [5.74, 6) is 0.222. The molecule has 0 bridgehead atoms. The Morgan fingerprint density at radius 2 is 1.73 bits per heavy atom. The topological polar surface area (TPSA) is 37.4 Å². The van der Waals surface area contributed by atoms with Crippen LogP contribution in [0.2, 0.25) is 0 Å². The summed E-state index contributed by atoms with van der Waals surface area (Å²) >= 11 is 0. The smallest absolute Gasteiger partial charge is 0.233 e. The molecule has 0 unspecified atom stereocenters. The number of rotatable bonds is 1. The lowest BCUT2D eigenvalue weighted by atomic mass is 10.3. The number of nitrogens with zero attached hydrogens (tertiary/aromatic N) is 1. The van der Waals surface area contributed by atoms with Gasteiger partial charge in [-0.3, -0.25) is 14.5 Å². The maximum Gasteiger partial charge on any atom is 0.233 e. The van der Waals surface area contributed by atoms with E-state index >= 15 is 0 Å². The van der Waals surface area contributed by atoms with Gasteiger partial charge < -0.3 is 0 Å². The lowest BCUT2D eigenvalue weighted by Crippen LogP contribution is -2.38. The molecule has 1 aliphatic heterocycles. The van der Waals surface area contributed by atoms with Crippen LogP contribution in [0.15, 0.2) is 0 Å². The average Bonchev–Trinajstić information content (AvgIpc) is 2.59. The first-order valence-corrected chi connectivity index (χ1v) is 4.00. The van der Waals surface area contributed by atoms with Gasteiger partial charge in [0.25, 0.3) is 0 Å². The van der Waals surface area contributed by atoms with Gasteiger partial charge >= 0.3 is 0 Å². The van der Waals surface area contributed by atoms with Crippen LogP contribution in [-0.4, -0.2) is 22.8 Å². The Bertz CT molecular complexity index is 214. The van der Waals surface area contributed by atoms with E-state index in [0.717, 1.165) is 6.42 Å². The highest BCUT2D eigenvalue weighted by Gasteiger charge is 2.59. The predicted molar refractivity (Wildman–Crippen MR) is 38.6 cm³/mol. The normalized spacial score (nSPS) is 35.0. The maximum atomic E-state index is 11.3. The first-order chi connectivity index (χ1) is 5.13. The molecule has 0 aromatic carbocycles. The van der Waals surface area contributed by atoms with Crippen molar-refractivity contribution < 1.29 is 9.59 Å². The number of carbonyl (C=O) groups is 2. The van der Waals surface area contributed by atoms with Gasteiger partial charge in [-0.15, -0.1) is 0 Å². The zero-order valence-electron chi connectivity index (χ0n) is 6.70. The molecule has 0 aromatic heterocycles. The Labute approximate surface area is 65.4 Å². The molecule has 0 N–H and O–H groups in total. The molecule has 1 saturated heterocycles. The Kier molecular flexibility index (Phi) is 1.14. The third kappa shape index (κ3) is 0.737. The highest BCUT2D eigenvalue weighted by Crippen LogP contribution is 2.47. The lowest BCUT2D eigenvalue weighted by Gasteiger charge is -2.20. The number of imide groups is 1. The number of hydrogen-bond donors (Lipinski definition) is 0. The molecule has 2 aliphatic rings. The third-order valence-corrected chi connectivity index (χ3v) is 2.42. The van der Waals surface area contributed by atoms with Crippen molar-refractivity contribution in [3.63, 3.8) is 0 Å². The van der Waals surface area contributed by atoms with E-state index in [1.165, 1.54) is 4.90 Å². The molecule has 2 fully saturated rings. The fourth-order valence-electron chi connectivity index (χ4n) is 1.72. The second-order valence-corrected chi connectivity index (χ2v) is 3.59. The number of carbonyl (C=O) groups excluding carboxylic acids is 2. The number of hydrogen-bond acceptors (Lipinski definition) is 2. The minimum absolute atomic E-state index is 0.0443. The number of amides is 2. The minimum Gasteiger partial charge on any atom is -0.280 e. The van der Waals surface area contributed by atoms with Crippen LogP contribution in [0.4, 0.5) is 0 Å². The van der Waals surface area contributed by atoms with Crippen LogP contribution in [-0.2, 0) is 9.59 Å². The zero-order chi connectivity index (χ0) is 8.17. The van der Waals surface area contributed by atoms with Gasteiger partial charge in [-0.05, 0) is 20.3 Å². The Morgan fingerprint density at radius 1 is 1.27 bits per heavy atom. The molecule has 2 atom stereocenters. The molecular formula is C8H11NO2. The summed E-state index contributed by atoms with van der Waals surface area (Å²) in [6, 6.07) is 0.0443. The quantitative estimate of drug-likeness (QED) is 0.511. The van der Waals surface area contributed by atoms with Crippen LogP contribution in [0.3, 0.4) is 0 Å². The molecule has 3 nitrogen and oxygen atoms in total. The molecule has 0 spiro atoms. The van der Waals surface area contributed by atoms with Crippen LogP contribution in [0.1, 0.15) is 20.3 Å². The Hall–Kier alpha value is -0.860. The van der Waals surface area contributed by atoms with Crippen molar-refractivity contribution in [1.82, 2.24) is 4.90 Å². The van der Waals surface area contributed by atoms with Gasteiger partial charge in [0.2, 0.25) is 11.8 Å². The molecule has 0 radical (unpaired) electrons.